The molecule has 0 aliphatic rings. The number of phenols is 1. The van der Waals surface area contributed by atoms with E-state index in [1.165, 1.54) is 30.9 Å². The smallest absolute Gasteiger partial charge is 0.258 e. The number of hydrogen-bond donors (Lipinski definition) is 2. The predicted octanol–water partition coefficient (Wildman–Crippen LogP) is 2.74. The maximum absolute atomic E-state index is 11.8. The molecule has 1 heterocycles. The lowest BCUT2D eigenvalue weighted by molar-refractivity contribution is 0.102. The molecule has 0 spiro atoms. The minimum Gasteiger partial charge on any atom is -0.505 e. The summed E-state index contributed by atoms with van der Waals surface area (Å²) in [6, 6.07) is 2.79. The molecule has 0 unspecified atom stereocenters. The molecule has 0 bridgehead atoms. The zero-order valence-corrected chi connectivity index (χ0v) is 10.4. The molecule has 0 saturated carbocycles. The molecule has 0 saturated heterocycles. The highest BCUT2D eigenvalue weighted by Crippen LogP contribution is 2.34. The zero-order chi connectivity index (χ0) is 13.1. The van der Waals surface area contributed by atoms with Gasteiger partial charge in [-0.05, 0) is 12.1 Å². The van der Waals surface area contributed by atoms with Crippen LogP contribution in [0.2, 0.25) is 10.0 Å². The third-order valence-electron chi connectivity index (χ3n) is 2.10. The lowest BCUT2D eigenvalue weighted by Gasteiger charge is -2.07. The molecule has 1 aromatic carbocycles. The van der Waals surface area contributed by atoms with Crippen molar-refractivity contribution in [2.45, 2.75) is 0 Å². The van der Waals surface area contributed by atoms with Crippen molar-refractivity contribution in [3.8, 4) is 5.75 Å². The van der Waals surface area contributed by atoms with E-state index < -0.39 is 5.91 Å². The molecule has 0 aliphatic carbocycles. The number of amides is 1. The van der Waals surface area contributed by atoms with Crippen LogP contribution in [0.3, 0.4) is 0 Å². The number of nitrogens with one attached hydrogen (secondary N) is 1. The Bertz CT molecular complexity index is 567. The second kappa shape index (κ2) is 5.20. The van der Waals surface area contributed by atoms with Gasteiger partial charge in [0.2, 0.25) is 0 Å². The SMILES string of the molecule is O=C(Nc1cc(Cl)c(O)c(Cl)c1)c1cncnc1. The Morgan fingerprint density at radius 2 is 1.72 bits per heavy atom. The molecule has 1 amide bonds. The van der Waals surface area contributed by atoms with Crippen molar-refractivity contribution in [2.75, 3.05) is 5.32 Å². The molecule has 0 fully saturated rings. The summed E-state index contributed by atoms with van der Waals surface area (Å²) < 4.78 is 0. The minimum absolute atomic E-state index is 0.0575. The van der Waals surface area contributed by atoms with E-state index in [0.29, 0.717) is 11.3 Å². The summed E-state index contributed by atoms with van der Waals surface area (Å²) in [5.41, 5.74) is 0.675. The quantitative estimate of drug-likeness (QED) is 0.831. The van der Waals surface area contributed by atoms with Crippen LogP contribution < -0.4 is 5.32 Å². The Hall–Kier alpha value is -1.85. The van der Waals surface area contributed by atoms with E-state index in [4.69, 9.17) is 23.2 Å². The minimum atomic E-state index is -0.395. The van der Waals surface area contributed by atoms with Crippen molar-refractivity contribution in [1.82, 2.24) is 9.97 Å². The summed E-state index contributed by atoms with van der Waals surface area (Å²) in [4.78, 5) is 19.2. The number of carbonyl (C=O) groups excluding carboxylic acids is 1. The van der Waals surface area contributed by atoms with Crippen molar-refractivity contribution in [2.24, 2.45) is 0 Å². The summed E-state index contributed by atoms with van der Waals surface area (Å²) >= 11 is 11.5. The maximum Gasteiger partial charge on any atom is 0.258 e. The zero-order valence-electron chi connectivity index (χ0n) is 8.89. The van der Waals surface area contributed by atoms with Crippen LogP contribution in [0.4, 0.5) is 5.69 Å². The second-order valence-electron chi connectivity index (χ2n) is 3.37. The van der Waals surface area contributed by atoms with Crippen LogP contribution in [0.1, 0.15) is 10.4 Å². The average Bonchev–Trinajstić information content (AvgIpc) is 2.37. The third kappa shape index (κ3) is 2.69. The molecule has 18 heavy (non-hydrogen) atoms. The maximum atomic E-state index is 11.8. The fourth-order valence-corrected chi connectivity index (χ4v) is 1.74. The van der Waals surface area contributed by atoms with Crippen molar-refractivity contribution in [3.63, 3.8) is 0 Å². The van der Waals surface area contributed by atoms with E-state index in [2.05, 4.69) is 15.3 Å². The molecular weight excluding hydrogens is 277 g/mol. The Morgan fingerprint density at radius 1 is 1.17 bits per heavy atom. The van der Waals surface area contributed by atoms with Crippen LogP contribution in [-0.2, 0) is 0 Å². The summed E-state index contributed by atoms with van der Waals surface area (Å²) in [5, 5.41) is 12.1. The summed E-state index contributed by atoms with van der Waals surface area (Å²) in [6.07, 6.45) is 4.09. The van der Waals surface area contributed by atoms with Crippen molar-refractivity contribution in [3.05, 3.63) is 46.5 Å². The monoisotopic (exact) mass is 283 g/mol. The van der Waals surface area contributed by atoms with Gasteiger partial charge in [0.1, 0.15) is 6.33 Å². The largest absolute Gasteiger partial charge is 0.505 e. The van der Waals surface area contributed by atoms with Gasteiger partial charge in [-0.25, -0.2) is 9.97 Å². The summed E-state index contributed by atoms with van der Waals surface area (Å²) in [5.74, 6) is -0.618. The fourth-order valence-electron chi connectivity index (χ4n) is 1.26. The highest BCUT2D eigenvalue weighted by molar-refractivity contribution is 6.37. The Morgan fingerprint density at radius 3 is 2.28 bits per heavy atom. The molecule has 2 N–H and O–H groups in total. The lowest BCUT2D eigenvalue weighted by Crippen LogP contribution is -2.12. The van der Waals surface area contributed by atoms with Crippen LogP contribution in [0, 0.1) is 0 Å². The van der Waals surface area contributed by atoms with Crippen molar-refractivity contribution < 1.29 is 9.90 Å². The van der Waals surface area contributed by atoms with Gasteiger partial charge in [0.25, 0.3) is 5.91 Å². The van der Waals surface area contributed by atoms with Gasteiger partial charge in [0.15, 0.2) is 5.75 Å². The molecule has 0 aliphatic heterocycles. The van der Waals surface area contributed by atoms with Crippen LogP contribution in [0.25, 0.3) is 0 Å². The number of hydrogen-bond acceptors (Lipinski definition) is 4. The van der Waals surface area contributed by atoms with Crippen molar-refractivity contribution >= 4 is 34.8 Å². The first-order chi connectivity index (χ1) is 8.58. The van der Waals surface area contributed by atoms with Gasteiger partial charge in [0.05, 0.1) is 15.6 Å². The molecule has 2 aromatic rings. The molecular formula is C11H7Cl2N3O2. The van der Waals surface area contributed by atoms with Crippen LogP contribution in [-0.4, -0.2) is 21.0 Å². The number of aromatic hydroxyl groups is 1. The molecule has 0 atom stereocenters. The number of phenolic OH excluding ortho intramolecular Hbond substituents is 1. The van der Waals surface area contributed by atoms with E-state index in [-0.39, 0.29) is 15.8 Å². The Balaban J connectivity index is 2.23. The van der Waals surface area contributed by atoms with E-state index >= 15 is 0 Å². The van der Waals surface area contributed by atoms with Gasteiger partial charge >= 0.3 is 0 Å². The van der Waals surface area contributed by atoms with E-state index in [9.17, 15) is 9.90 Å². The number of rotatable bonds is 2. The van der Waals surface area contributed by atoms with Gasteiger partial charge in [0, 0.05) is 18.1 Å². The van der Waals surface area contributed by atoms with Gasteiger partial charge in [-0.15, -0.1) is 0 Å². The Kier molecular flexibility index (Phi) is 3.64. The standard InChI is InChI=1S/C11H7Cl2N3O2/c12-8-1-7(2-9(13)10(8)17)16-11(18)6-3-14-5-15-4-6/h1-5,17H,(H,16,18). The van der Waals surface area contributed by atoms with Gasteiger partial charge < -0.3 is 10.4 Å². The molecule has 92 valence electrons. The van der Waals surface area contributed by atoms with Crippen LogP contribution in [0.5, 0.6) is 5.75 Å². The summed E-state index contributed by atoms with van der Waals surface area (Å²) in [7, 11) is 0. The number of nitrogens with zero attached hydrogens (tertiary/aromatic N) is 2. The van der Waals surface area contributed by atoms with E-state index in [1.807, 2.05) is 0 Å². The fraction of sp³-hybridized carbons (Fsp3) is 0. The average molecular weight is 284 g/mol. The highest BCUT2D eigenvalue weighted by Gasteiger charge is 2.10. The van der Waals surface area contributed by atoms with E-state index in [1.54, 1.807) is 0 Å². The normalized spacial score (nSPS) is 10.1. The van der Waals surface area contributed by atoms with Crippen molar-refractivity contribution in [1.29, 1.82) is 0 Å². The molecule has 0 radical (unpaired) electrons. The third-order valence-corrected chi connectivity index (χ3v) is 2.67. The van der Waals surface area contributed by atoms with Gasteiger partial charge in [-0.3, -0.25) is 4.79 Å². The number of aromatic nitrogens is 2. The number of benzene rings is 1. The molecule has 5 nitrogen and oxygen atoms in total. The molecule has 7 heteroatoms. The van der Waals surface area contributed by atoms with Gasteiger partial charge in [-0.2, -0.15) is 0 Å². The first-order valence-electron chi connectivity index (χ1n) is 4.82. The van der Waals surface area contributed by atoms with Crippen LogP contribution >= 0.6 is 23.2 Å². The first kappa shape index (κ1) is 12.6. The molecule has 2 rings (SSSR count). The predicted molar refractivity (Wildman–Crippen MR) is 68.1 cm³/mol. The van der Waals surface area contributed by atoms with Gasteiger partial charge in [-0.1, -0.05) is 23.2 Å². The second-order valence-corrected chi connectivity index (χ2v) is 4.18. The lowest BCUT2D eigenvalue weighted by atomic mass is 10.2. The number of carbonyl (C=O) groups is 1. The van der Waals surface area contributed by atoms with Crippen LogP contribution in [0.15, 0.2) is 30.9 Å². The summed E-state index contributed by atoms with van der Waals surface area (Å²) in [6.45, 7) is 0. The molecule has 1 aromatic heterocycles. The highest BCUT2D eigenvalue weighted by atomic mass is 35.5. The van der Waals surface area contributed by atoms with E-state index in [0.717, 1.165) is 0 Å². The number of anilines is 1. The number of halogens is 2. The Labute approximate surface area is 112 Å². The topological polar surface area (TPSA) is 75.1 Å². The first-order valence-corrected chi connectivity index (χ1v) is 5.58.